The number of rotatable bonds is 5. The first kappa shape index (κ1) is 13.3. The van der Waals surface area contributed by atoms with Crippen LogP contribution in [-0.4, -0.2) is 0 Å². The lowest BCUT2D eigenvalue weighted by Crippen LogP contribution is -1.61. The molecule has 0 radical (unpaired) electrons. The molecule has 0 N–H and O–H groups in total. The quantitative estimate of drug-likeness (QED) is 0.404. The van der Waals surface area contributed by atoms with Gasteiger partial charge in [-0.15, -0.1) is 6.58 Å². The highest BCUT2D eigenvalue weighted by Gasteiger charge is 1.71. The normalized spacial score (nSPS) is 8.27. The average molecular weight is 156 g/mol. The number of hydrogen-bond acceptors (Lipinski definition) is 0. The van der Waals surface area contributed by atoms with E-state index >= 15 is 0 Å². The van der Waals surface area contributed by atoms with E-state index in [9.17, 15) is 0 Å². The van der Waals surface area contributed by atoms with Crippen LogP contribution in [0.1, 0.15) is 59.3 Å². The molecule has 68 valence electrons. The molecular formula is C11H24. The van der Waals surface area contributed by atoms with Gasteiger partial charge in [-0.05, 0) is 6.42 Å². The molecule has 0 fully saturated rings. The Morgan fingerprint density at radius 1 is 0.909 bits per heavy atom. The predicted octanol–water partition coefficient (Wildman–Crippen LogP) is 4.56. The van der Waals surface area contributed by atoms with Gasteiger partial charge in [-0.3, -0.25) is 0 Å². The summed E-state index contributed by atoms with van der Waals surface area (Å²) < 4.78 is 0. The largest absolute Gasteiger partial charge is 0.103 e. The van der Waals surface area contributed by atoms with Crippen molar-refractivity contribution in [3.8, 4) is 0 Å². The zero-order valence-corrected chi connectivity index (χ0v) is 8.53. The third-order valence-electron chi connectivity index (χ3n) is 1.47. The Morgan fingerprint density at radius 3 is 1.45 bits per heavy atom. The van der Waals surface area contributed by atoms with Crippen molar-refractivity contribution in [2.24, 2.45) is 0 Å². The van der Waals surface area contributed by atoms with Crippen LogP contribution in [-0.2, 0) is 0 Å². The van der Waals surface area contributed by atoms with Crippen LogP contribution in [0.3, 0.4) is 0 Å². The van der Waals surface area contributed by atoms with Crippen LogP contribution in [0, 0.1) is 0 Å². The van der Waals surface area contributed by atoms with E-state index in [2.05, 4.69) is 27.4 Å². The summed E-state index contributed by atoms with van der Waals surface area (Å²) in [5.41, 5.74) is 0. The van der Waals surface area contributed by atoms with Crippen molar-refractivity contribution in [2.75, 3.05) is 0 Å². The summed E-state index contributed by atoms with van der Waals surface area (Å²) in [6.07, 6.45) is 9.79. The number of hydrogen-bond donors (Lipinski definition) is 0. The molecule has 0 spiro atoms. The highest BCUT2D eigenvalue weighted by molar-refractivity contribution is 4.64. The molecule has 0 aromatic rings. The molecule has 0 saturated carbocycles. The first-order chi connectivity index (χ1) is 5.33. The maximum atomic E-state index is 3.60. The molecule has 0 atom stereocenters. The summed E-state index contributed by atoms with van der Waals surface area (Å²) in [6.45, 7) is 10.2. The van der Waals surface area contributed by atoms with Crippen LogP contribution in [0.25, 0.3) is 0 Å². The van der Waals surface area contributed by atoms with Gasteiger partial charge in [0, 0.05) is 0 Å². The van der Waals surface area contributed by atoms with Crippen molar-refractivity contribution in [3.05, 3.63) is 12.7 Å². The fourth-order valence-electron chi connectivity index (χ4n) is 0.702. The van der Waals surface area contributed by atoms with Crippen molar-refractivity contribution in [3.63, 3.8) is 0 Å². The summed E-state index contributed by atoms with van der Waals surface area (Å²) in [5.74, 6) is 0. The van der Waals surface area contributed by atoms with Gasteiger partial charge in [-0.1, -0.05) is 59.0 Å². The Labute approximate surface area is 72.7 Å². The molecule has 0 unspecified atom stereocenters. The minimum absolute atomic E-state index is 1.18. The summed E-state index contributed by atoms with van der Waals surface area (Å²) in [5, 5.41) is 0. The van der Waals surface area contributed by atoms with Crippen LogP contribution in [0.5, 0.6) is 0 Å². The van der Waals surface area contributed by atoms with Gasteiger partial charge in [0.25, 0.3) is 0 Å². The number of allylic oxidation sites excluding steroid dienone is 1. The minimum Gasteiger partial charge on any atom is -0.103 e. The second kappa shape index (κ2) is 16.4. The molecule has 0 aliphatic carbocycles. The van der Waals surface area contributed by atoms with Crippen molar-refractivity contribution >= 4 is 0 Å². The van der Waals surface area contributed by atoms with Crippen LogP contribution in [0.15, 0.2) is 12.7 Å². The second-order valence-corrected chi connectivity index (χ2v) is 2.78. The van der Waals surface area contributed by atoms with Gasteiger partial charge in [0.2, 0.25) is 0 Å². The highest BCUT2D eigenvalue weighted by Crippen LogP contribution is 1.91. The molecule has 0 aliphatic heterocycles. The molecule has 0 bridgehead atoms. The van der Waals surface area contributed by atoms with Crippen LogP contribution in [0.4, 0.5) is 0 Å². The van der Waals surface area contributed by atoms with Crippen molar-refractivity contribution < 1.29 is 0 Å². The molecule has 0 heterocycles. The average Bonchev–Trinajstić information content (AvgIpc) is 2.04. The molecule has 0 nitrogen and oxygen atoms in total. The molecule has 0 aromatic heterocycles. The van der Waals surface area contributed by atoms with E-state index in [0.717, 1.165) is 0 Å². The SMILES string of the molecule is C=CCCCC.CCCCC. The Bertz CT molecular complexity index is 53.1. The Hall–Kier alpha value is -0.260. The molecular weight excluding hydrogens is 132 g/mol. The second-order valence-electron chi connectivity index (χ2n) is 2.78. The molecule has 0 aliphatic rings. The van der Waals surface area contributed by atoms with Crippen LogP contribution in [0.2, 0.25) is 0 Å². The Morgan fingerprint density at radius 2 is 1.36 bits per heavy atom. The van der Waals surface area contributed by atoms with Gasteiger partial charge >= 0.3 is 0 Å². The highest BCUT2D eigenvalue weighted by atomic mass is 13.8. The third-order valence-corrected chi connectivity index (χ3v) is 1.47. The lowest BCUT2D eigenvalue weighted by atomic mass is 10.3. The molecule has 0 amide bonds. The first-order valence-electron chi connectivity index (χ1n) is 4.94. The zero-order chi connectivity index (χ0) is 8.95. The third kappa shape index (κ3) is 26.0. The maximum absolute atomic E-state index is 3.60. The standard InChI is InChI=1S/C6H12.C5H12/c1-3-5-6-4-2;1-3-5-4-2/h3H,1,4-6H2,2H3;3-5H2,1-2H3. The van der Waals surface area contributed by atoms with Crippen molar-refractivity contribution in [2.45, 2.75) is 59.3 Å². The monoisotopic (exact) mass is 156 g/mol. The molecule has 0 heteroatoms. The summed E-state index contributed by atoms with van der Waals surface area (Å²) >= 11 is 0. The molecule has 0 rings (SSSR count). The molecule has 0 saturated heterocycles. The predicted molar refractivity (Wildman–Crippen MR) is 54.9 cm³/mol. The van der Waals surface area contributed by atoms with Crippen molar-refractivity contribution in [1.29, 1.82) is 0 Å². The lowest BCUT2D eigenvalue weighted by Gasteiger charge is -1.81. The summed E-state index contributed by atoms with van der Waals surface area (Å²) in [7, 11) is 0. The van der Waals surface area contributed by atoms with E-state index in [-0.39, 0.29) is 0 Å². The van der Waals surface area contributed by atoms with E-state index in [4.69, 9.17) is 0 Å². The van der Waals surface area contributed by atoms with E-state index in [1.807, 2.05) is 6.08 Å². The maximum Gasteiger partial charge on any atom is -0.0354 e. The van der Waals surface area contributed by atoms with Gasteiger partial charge in [0.15, 0.2) is 0 Å². The van der Waals surface area contributed by atoms with Gasteiger partial charge in [-0.25, -0.2) is 0 Å². The fraction of sp³-hybridized carbons (Fsp3) is 0.818. The molecule has 0 aromatic carbocycles. The number of unbranched alkanes of at least 4 members (excludes halogenated alkanes) is 4. The molecule has 11 heavy (non-hydrogen) atoms. The van der Waals surface area contributed by atoms with Gasteiger partial charge < -0.3 is 0 Å². The van der Waals surface area contributed by atoms with E-state index < -0.39 is 0 Å². The lowest BCUT2D eigenvalue weighted by molar-refractivity contribution is 0.772. The fourth-order valence-corrected chi connectivity index (χ4v) is 0.702. The van der Waals surface area contributed by atoms with Crippen LogP contribution >= 0.6 is 0 Å². The Balaban J connectivity index is 0. The van der Waals surface area contributed by atoms with Crippen LogP contribution < -0.4 is 0 Å². The van der Waals surface area contributed by atoms with Gasteiger partial charge in [-0.2, -0.15) is 0 Å². The van der Waals surface area contributed by atoms with Crippen molar-refractivity contribution in [1.82, 2.24) is 0 Å². The van der Waals surface area contributed by atoms with E-state index in [1.54, 1.807) is 0 Å². The summed E-state index contributed by atoms with van der Waals surface area (Å²) in [6, 6.07) is 0. The van der Waals surface area contributed by atoms with E-state index in [1.165, 1.54) is 38.5 Å². The van der Waals surface area contributed by atoms with Gasteiger partial charge in [0.1, 0.15) is 0 Å². The first-order valence-corrected chi connectivity index (χ1v) is 4.94. The van der Waals surface area contributed by atoms with Gasteiger partial charge in [0.05, 0.1) is 0 Å². The van der Waals surface area contributed by atoms with E-state index in [0.29, 0.717) is 0 Å². The zero-order valence-electron chi connectivity index (χ0n) is 8.53. The Kier molecular flexibility index (Phi) is 19.9. The smallest absolute Gasteiger partial charge is 0.0354 e. The topological polar surface area (TPSA) is 0 Å². The minimum atomic E-state index is 1.18. The summed E-state index contributed by atoms with van der Waals surface area (Å²) in [4.78, 5) is 0.